The van der Waals surface area contributed by atoms with E-state index in [-0.39, 0.29) is 29.7 Å². The van der Waals surface area contributed by atoms with Crippen molar-refractivity contribution >= 4 is 45.9 Å². The number of hydrogen-bond donors (Lipinski definition) is 1. The molecule has 33 heavy (non-hydrogen) atoms. The number of fused-ring (bicyclic) bond motifs is 1. The van der Waals surface area contributed by atoms with Gasteiger partial charge in [0.1, 0.15) is 5.69 Å². The van der Waals surface area contributed by atoms with Crippen molar-refractivity contribution in [1.82, 2.24) is 14.8 Å². The van der Waals surface area contributed by atoms with Gasteiger partial charge in [-0.3, -0.25) is 9.59 Å². The molecule has 1 unspecified atom stereocenters. The SMILES string of the molecule is C#CCn1c(C(=O)NCC(C)N(C)C(=O)[C@@H]2C[C@H]2c2cc(Cl)cc(Cl)c2)cc2ccccc21. The Morgan fingerprint density at radius 3 is 2.61 bits per heavy atom. The molecule has 1 heterocycles. The van der Waals surface area contributed by atoms with Gasteiger partial charge in [-0.2, -0.15) is 0 Å². The Morgan fingerprint density at radius 2 is 1.91 bits per heavy atom. The van der Waals surface area contributed by atoms with Crippen LogP contribution in [0.2, 0.25) is 10.0 Å². The molecular formula is C26H25Cl2N3O2. The summed E-state index contributed by atoms with van der Waals surface area (Å²) >= 11 is 12.2. The Labute approximate surface area is 203 Å². The van der Waals surface area contributed by atoms with Crippen LogP contribution < -0.4 is 5.32 Å². The van der Waals surface area contributed by atoms with E-state index >= 15 is 0 Å². The third-order valence-corrected chi connectivity index (χ3v) is 6.72. The van der Waals surface area contributed by atoms with Gasteiger partial charge in [0.2, 0.25) is 5.91 Å². The van der Waals surface area contributed by atoms with Gasteiger partial charge in [-0.15, -0.1) is 6.42 Å². The van der Waals surface area contributed by atoms with Crippen LogP contribution in [0, 0.1) is 18.3 Å². The van der Waals surface area contributed by atoms with Crippen molar-refractivity contribution in [2.45, 2.75) is 31.8 Å². The first-order valence-electron chi connectivity index (χ1n) is 10.8. The van der Waals surface area contributed by atoms with Crippen LogP contribution in [0.25, 0.3) is 10.9 Å². The fraction of sp³-hybridized carbons (Fsp3) is 0.308. The predicted molar refractivity (Wildman–Crippen MR) is 133 cm³/mol. The highest BCUT2D eigenvalue weighted by molar-refractivity contribution is 6.34. The van der Waals surface area contributed by atoms with Crippen LogP contribution in [0.3, 0.4) is 0 Å². The molecule has 1 N–H and O–H groups in total. The minimum Gasteiger partial charge on any atom is -0.349 e. The number of hydrogen-bond acceptors (Lipinski definition) is 2. The number of carbonyl (C=O) groups is 2. The summed E-state index contributed by atoms with van der Waals surface area (Å²) in [7, 11) is 1.77. The molecule has 2 aromatic carbocycles. The maximum absolute atomic E-state index is 13.0. The smallest absolute Gasteiger partial charge is 0.268 e. The van der Waals surface area contributed by atoms with Crippen molar-refractivity contribution in [2.75, 3.05) is 13.6 Å². The van der Waals surface area contributed by atoms with Crippen LogP contribution in [0.5, 0.6) is 0 Å². The molecule has 0 saturated heterocycles. The van der Waals surface area contributed by atoms with Crippen molar-refractivity contribution in [3.8, 4) is 12.3 Å². The molecule has 4 rings (SSSR count). The Balaban J connectivity index is 1.38. The van der Waals surface area contributed by atoms with E-state index in [4.69, 9.17) is 29.6 Å². The number of nitrogens with zero attached hydrogens (tertiary/aromatic N) is 2. The van der Waals surface area contributed by atoms with Gasteiger partial charge < -0.3 is 14.8 Å². The molecule has 1 aromatic heterocycles. The molecule has 0 spiro atoms. The van der Waals surface area contributed by atoms with Crippen molar-refractivity contribution < 1.29 is 9.59 Å². The number of halogens is 2. The van der Waals surface area contributed by atoms with Crippen LogP contribution >= 0.6 is 23.2 Å². The van der Waals surface area contributed by atoms with Crippen LogP contribution in [0.4, 0.5) is 0 Å². The lowest BCUT2D eigenvalue weighted by Gasteiger charge is -2.25. The summed E-state index contributed by atoms with van der Waals surface area (Å²) in [6.45, 7) is 2.56. The topological polar surface area (TPSA) is 54.3 Å². The molecule has 0 aliphatic heterocycles. The van der Waals surface area contributed by atoms with Crippen molar-refractivity contribution in [3.63, 3.8) is 0 Å². The molecular weight excluding hydrogens is 457 g/mol. The van der Waals surface area contributed by atoms with E-state index in [1.165, 1.54) is 0 Å². The van der Waals surface area contributed by atoms with Crippen LogP contribution in [0.1, 0.15) is 35.3 Å². The van der Waals surface area contributed by atoms with Crippen molar-refractivity contribution in [3.05, 3.63) is 69.8 Å². The molecule has 1 aliphatic rings. The first-order valence-corrected chi connectivity index (χ1v) is 11.6. The Morgan fingerprint density at radius 1 is 1.21 bits per heavy atom. The normalized spacial score (nSPS) is 17.9. The molecule has 1 saturated carbocycles. The van der Waals surface area contributed by atoms with E-state index in [1.54, 1.807) is 18.0 Å². The van der Waals surface area contributed by atoms with E-state index in [0.717, 1.165) is 22.9 Å². The Bertz CT molecular complexity index is 1240. The van der Waals surface area contributed by atoms with E-state index < -0.39 is 0 Å². The molecule has 170 valence electrons. The highest BCUT2D eigenvalue weighted by atomic mass is 35.5. The van der Waals surface area contributed by atoms with Crippen LogP contribution in [-0.4, -0.2) is 40.9 Å². The van der Waals surface area contributed by atoms with Gasteiger partial charge in [0.15, 0.2) is 0 Å². The molecule has 5 nitrogen and oxygen atoms in total. The van der Waals surface area contributed by atoms with E-state index in [2.05, 4.69) is 11.2 Å². The lowest BCUT2D eigenvalue weighted by molar-refractivity contribution is -0.133. The fourth-order valence-electron chi connectivity index (χ4n) is 4.23. The van der Waals surface area contributed by atoms with Crippen LogP contribution in [0.15, 0.2) is 48.5 Å². The fourth-order valence-corrected chi connectivity index (χ4v) is 4.78. The molecule has 7 heteroatoms. The van der Waals surface area contributed by atoms with Gasteiger partial charge in [-0.1, -0.05) is 47.3 Å². The number of terminal acetylenes is 1. The number of likely N-dealkylation sites (N-methyl/N-ethyl adjacent to an activating group) is 1. The van der Waals surface area contributed by atoms with Crippen molar-refractivity contribution in [1.29, 1.82) is 0 Å². The second-order valence-corrected chi connectivity index (χ2v) is 9.41. The zero-order valence-electron chi connectivity index (χ0n) is 18.5. The number of para-hydroxylation sites is 1. The number of aromatic nitrogens is 1. The second-order valence-electron chi connectivity index (χ2n) is 8.54. The van der Waals surface area contributed by atoms with E-state index in [9.17, 15) is 9.59 Å². The summed E-state index contributed by atoms with van der Waals surface area (Å²) in [5, 5.41) is 5.05. The Hall–Kier alpha value is -2.94. The molecule has 2 amide bonds. The lowest BCUT2D eigenvalue weighted by atomic mass is 10.1. The number of nitrogens with one attached hydrogen (secondary N) is 1. The van der Waals surface area contributed by atoms with E-state index in [0.29, 0.717) is 28.8 Å². The third-order valence-electron chi connectivity index (χ3n) is 6.28. The second kappa shape index (κ2) is 9.51. The van der Waals surface area contributed by atoms with Crippen LogP contribution in [-0.2, 0) is 11.3 Å². The average Bonchev–Trinajstić information content (AvgIpc) is 3.51. The predicted octanol–water partition coefficient (Wildman–Crippen LogP) is 4.96. The minimum absolute atomic E-state index is 0.0549. The number of amides is 2. The largest absolute Gasteiger partial charge is 0.349 e. The van der Waals surface area contributed by atoms with Crippen molar-refractivity contribution in [2.24, 2.45) is 5.92 Å². The van der Waals surface area contributed by atoms with E-state index in [1.807, 2.05) is 54.0 Å². The summed E-state index contributed by atoms with van der Waals surface area (Å²) in [4.78, 5) is 27.6. The minimum atomic E-state index is -0.216. The van der Waals surface area contributed by atoms with Gasteiger partial charge in [-0.25, -0.2) is 0 Å². The molecule has 0 radical (unpaired) electrons. The first-order chi connectivity index (χ1) is 15.8. The third kappa shape index (κ3) is 4.88. The number of carbonyl (C=O) groups excluding carboxylic acids is 2. The van der Waals surface area contributed by atoms with Gasteiger partial charge in [0, 0.05) is 46.5 Å². The standard InChI is InChI=1S/C26H25Cl2N3O2/c1-4-9-31-23-8-6-5-7-17(23)12-24(31)25(32)29-15-16(2)30(3)26(33)22-14-21(22)18-10-19(27)13-20(28)11-18/h1,5-8,10-13,16,21-22H,9,14-15H2,2-3H3,(H,29,32)/t16?,21-,22+/m0/s1. The van der Waals surface area contributed by atoms with Gasteiger partial charge in [0.25, 0.3) is 5.91 Å². The maximum Gasteiger partial charge on any atom is 0.268 e. The molecule has 1 aliphatic carbocycles. The number of benzene rings is 2. The highest BCUT2D eigenvalue weighted by Gasteiger charge is 2.46. The first kappa shape index (κ1) is 23.2. The van der Waals surface area contributed by atoms with Gasteiger partial charge >= 0.3 is 0 Å². The van der Waals surface area contributed by atoms with Gasteiger partial charge in [0.05, 0.1) is 6.54 Å². The summed E-state index contributed by atoms with van der Waals surface area (Å²) in [5.41, 5.74) is 2.42. The summed E-state index contributed by atoms with van der Waals surface area (Å²) in [5.74, 6) is 2.48. The Kier molecular flexibility index (Phi) is 6.69. The molecule has 3 aromatic rings. The maximum atomic E-state index is 13.0. The monoisotopic (exact) mass is 481 g/mol. The number of rotatable bonds is 7. The molecule has 0 bridgehead atoms. The summed E-state index contributed by atoms with van der Waals surface area (Å²) < 4.78 is 1.83. The lowest BCUT2D eigenvalue weighted by Crippen LogP contribution is -2.44. The average molecular weight is 482 g/mol. The zero-order chi connectivity index (χ0) is 23.7. The summed E-state index contributed by atoms with van der Waals surface area (Å²) in [6, 6.07) is 14.8. The van der Waals surface area contributed by atoms with Gasteiger partial charge in [-0.05, 0) is 55.2 Å². The summed E-state index contributed by atoms with van der Waals surface area (Å²) in [6.07, 6.45) is 6.29. The quantitative estimate of drug-likeness (QED) is 0.484. The molecule has 3 atom stereocenters. The molecule has 1 fully saturated rings. The zero-order valence-corrected chi connectivity index (χ0v) is 20.0. The highest BCUT2D eigenvalue weighted by Crippen LogP contribution is 2.49.